The molecule has 2 N–H and O–H groups in total. The van der Waals surface area contributed by atoms with Crippen LogP contribution in [0.15, 0.2) is 15.4 Å². The number of nitrogens with one attached hydrogen (secondary N) is 2. The minimum Gasteiger partial charge on any atom is -0.464 e. The molecular formula is C11H15F3N2O3S. The Morgan fingerprint density at radius 2 is 2.00 bits per heavy atom. The highest BCUT2D eigenvalue weighted by atomic mass is 32.2. The Bertz CT molecular complexity index is 603. The lowest BCUT2D eigenvalue weighted by atomic mass is 10.3. The Hall–Kier alpha value is -1.06. The van der Waals surface area contributed by atoms with Crippen LogP contribution in [-0.4, -0.2) is 27.2 Å². The fourth-order valence-electron chi connectivity index (χ4n) is 1.93. The Morgan fingerprint density at radius 1 is 1.40 bits per heavy atom. The molecule has 1 aromatic rings. The van der Waals surface area contributed by atoms with E-state index in [0.29, 0.717) is 12.3 Å². The first-order valence-electron chi connectivity index (χ1n) is 5.96. The SMILES string of the molecule is CNCc1cc(S(=O)(=O)NC2(C(F)(F)F)CC2)c(C)o1. The van der Waals surface area contributed by atoms with Gasteiger partial charge in [-0.05, 0) is 26.8 Å². The van der Waals surface area contributed by atoms with Gasteiger partial charge in [0.05, 0.1) is 6.54 Å². The van der Waals surface area contributed by atoms with E-state index in [0.717, 1.165) is 0 Å². The van der Waals surface area contributed by atoms with Crippen LogP contribution in [-0.2, 0) is 16.6 Å². The fourth-order valence-corrected chi connectivity index (χ4v) is 3.58. The van der Waals surface area contributed by atoms with Crippen molar-refractivity contribution in [2.75, 3.05) is 7.05 Å². The lowest BCUT2D eigenvalue weighted by molar-refractivity contribution is -0.160. The number of aryl methyl sites for hydroxylation is 1. The predicted molar refractivity (Wildman–Crippen MR) is 64.6 cm³/mol. The van der Waals surface area contributed by atoms with Crippen LogP contribution in [0.25, 0.3) is 0 Å². The number of rotatable bonds is 5. The Labute approximate surface area is 114 Å². The second-order valence-corrected chi connectivity index (χ2v) is 6.50. The fraction of sp³-hybridized carbons (Fsp3) is 0.636. The van der Waals surface area contributed by atoms with Crippen LogP contribution in [0.2, 0.25) is 0 Å². The van der Waals surface area contributed by atoms with E-state index in [-0.39, 0.29) is 23.5 Å². The first-order valence-corrected chi connectivity index (χ1v) is 7.44. The van der Waals surface area contributed by atoms with Gasteiger partial charge in [-0.3, -0.25) is 0 Å². The van der Waals surface area contributed by atoms with Crippen molar-refractivity contribution in [3.63, 3.8) is 0 Å². The van der Waals surface area contributed by atoms with Crippen LogP contribution in [0, 0.1) is 6.92 Å². The van der Waals surface area contributed by atoms with Crippen LogP contribution >= 0.6 is 0 Å². The van der Waals surface area contributed by atoms with Crippen molar-refractivity contribution in [2.24, 2.45) is 0 Å². The zero-order chi connectivity index (χ0) is 15.2. The van der Waals surface area contributed by atoms with Gasteiger partial charge in [-0.15, -0.1) is 0 Å². The molecule has 0 unspecified atom stereocenters. The minimum atomic E-state index is -4.59. The molecule has 0 atom stereocenters. The second kappa shape index (κ2) is 4.74. The van der Waals surface area contributed by atoms with Gasteiger partial charge in [-0.25, -0.2) is 8.42 Å². The van der Waals surface area contributed by atoms with Crippen LogP contribution in [0.1, 0.15) is 24.4 Å². The summed E-state index contributed by atoms with van der Waals surface area (Å²) >= 11 is 0. The summed E-state index contributed by atoms with van der Waals surface area (Å²) in [6, 6.07) is 1.24. The van der Waals surface area contributed by atoms with Gasteiger partial charge in [0, 0.05) is 6.07 Å². The van der Waals surface area contributed by atoms with Gasteiger partial charge in [0.1, 0.15) is 22.0 Å². The van der Waals surface area contributed by atoms with Gasteiger partial charge in [0.2, 0.25) is 10.0 Å². The highest BCUT2D eigenvalue weighted by Crippen LogP contribution is 2.49. The topological polar surface area (TPSA) is 71.3 Å². The summed E-state index contributed by atoms with van der Waals surface area (Å²) in [5.74, 6) is 0.419. The third kappa shape index (κ3) is 2.70. The van der Waals surface area contributed by atoms with Crippen LogP contribution in [0.5, 0.6) is 0 Å². The number of hydrogen-bond acceptors (Lipinski definition) is 4. The third-order valence-corrected chi connectivity index (χ3v) is 4.83. The molecule has 2 rings (SSSR count). The van der Waals surface area contributed by atoms with E-state index in [9.17, 15) is 21.6 Å². The molecule has 0 saturated heterocycles. The lowest BCUT2D eigenvalue weighted by Crippen LogP contribution is -2.47. The molecule has 1 aliphatic carbocycles. The highest BCUT2D eigenvalue weighted by molar-refractivity contribution is 7.89. The van der Waals surface area contributed by atoms with E-state index in [1.807, 2.05) is 0 Å². The van der Waals surface area contributed by atoms with Crippen molar-refractivity contribution in [3.05, 3.63) is 17.6 Å². The normalized spacial score (nSPS) is 18.2. The molecule has 0 bridgehead atoms. The molecular weight excluding hydrogens is 297 g/mol. The van der Waals surface area contributed by atoms with E-state index in [1.165, 1.54) is 13.0 Å². The number of hydrogen-bond donors (Lipinski definition) is 2. The van der Waals surface area contributed by atoms with E-state index in [2.05, 4.69) is 5.32 Å². The van der Waals surface area contributed by atoms with Crippen LogP contribution < -0.4 is 10.0 Å². The van der Waals surface area contributed by atoms with Crippen LogP contribution in [0.4, 0.5) is 13.2 Å². The smallest absolute Gasteiger partial charge is 0.407 e. The van der Waals surface area contributed by atoms with Gasteiger partial charge in [-0.2, -0.15) is 17.9 Å². The standard InChI is InChI=1S/C11H15F3N2O3S/c1-7-9(5-8(19-7)6-15-2)20(17,18)16-10(3-4-10)11(12,13)14/h5,15-16H,3-4,6H2,1-2H3. The van der Waals surface area contributed by atoms with Gasteiger partial charge in [0.25, 0.3) is 0 Å². The summed E-state index contributed by atoms with van der Waals surface area (Å²) in [5.41, 5.74) is -2.32. The zero-order valence-electron chi connectivity index (χ0n) is 11.0. The van der Waals surface area contributed by atoms with Crippen LogP contribution in [0.3, 0.4) is 0 Å². The largest absolute Gasteiger partial charge is 0.464 e. The lowest BCUT2D eigenvalue weighted by Gasteiger charge is -2.20. The van der Waals surface area contributed by atoms with Crippen molar-refractivity contribution in [1.82, 2.24) is 10.0 Å². The number of sulfonamides is 1. The van der Waals surface area contributed by atoms with Crippen molar-refractivity contribution >= 4 is 10.0 Å². The molecule has 1 saturated carbocycles. The first kappa shape index (κ1) is 15.3. The predicted octanol–water partition coefficient (Wildman–Crippen LogP) is 1.68. The molecule has 5 nitrogen and oxygen atoms in total. The molecule has 1 aliphatic rings. The summed E-state index contributed by atoms with van der Waals surface area (Å²) in [4.78, 5) is -0.252. The minimum absolute atomic E-state index is 0.0701. The van der Waals surface area contributed by atoms with Crippen molar-refractivity contribution in [2.45, 2.75) is 42.9 Å². The molecule has 0 amide bonds. The average Bonchev–Trinajstić information content (AvgIpc) is 2.96. The van der Waals surface area contributed by atoms with Gasteiger partial charge in [-0.1, -0.05) is 0 Å². The maximum Gasteiger partial charge on any atom is 0.407 e. The molecule has 1 fully saturated rings. The molecule has 0 aliphatic heterocycles. The maximum absolute atomic E-state index is 12.8. The molecule has 114 valence electrons. The zero-order valence-corrected chi connectivity index (χ0v) is 11.8. The molecule has 20 heavy (non-hydrogen) atoms. The Morgan fingerprint density at radius 3 is 2.45 bits per heavy atom. The Kier molecular flexibility index (Phi) is 3.64. The summed E-state index contributed by atoms with van der Waals surface area (Å²) in [5, 5.41) is 2.77. The van der Waals surface area contributed by atoms with E-state index < -0.39 is 21.7 Å². The quantitative estimate of drug-likeness (QED) is 0.868. The average molecular weight is 312 g/mol. The summed E-state index contributed by atoms with van der Waals surface area (Å²) < 4.78 is 69.5. The molecule has 1 heterocycles. The van der Waals surface area contributed by atoms with Gasteiger partial charge < -0.3 is 9.73 Å². The van der Waals surface area contributed by atoms with Gasteiger partial charge >= 0.3 is 6.18 Å². The molecule has 0 aromatic carbocycles. The monoisotopic (exact) mass is 312 g/mol. The third-order valence-electron chi connectivity index (χ3n) is 3.19. The molecule has 1 aromatic heterocycles. The highest BCUT2D eigenvalue weighted by Gasteiger charge is 2.65. The van der Waals surface area contributed by atoms with E-state index in [4.69, 9.17) is 4.42 Å². The maximum atomic E-state index is 12.8. The van der Waals surface area contributed by atoms with Crippen molar-refractivity contribution in [1.29, 1.82) is 0 Å². The first-order chi connectivity index (χ1) is 9.11. The molecule has 9 heteroatoms. The summed E-state index contributed by atoms with van der Waals surface area (Å²) in [6.07, 6.45) is -5.07. The number of halogens is 3. The van der Waals surface area contributed by atoms with Gasteiger partial charge in [0.15, 0.2) is 0 Å². The molecule has 0 radical (unpaired) electrons. The van der Waals surface area contributed by atoms with Crippen molar-refractivity contribution < 1.29 is 26.0 Å². The second-order valence-electron chi connectivity index (χ2n) is 4.85. The van der Waals surface area contributed by atoms with Crippen molar-refractivity contribution in [3.8, 4) is 0 Å². The summed E-state index contributed by atoms with van der Waals surface area (Å²) in [6.45, 7) is 1.70. The van der Waals surface area contributed by atoms with E-state index >= 15 is 0 Å². The number of furan rings is 1. The molecule has 0 spiro atoms. The van der Waals surface area contributed by atoms with E-state index in [1.54, 1.807) is 11.8 Å². The Balaban J connectivity index is 2.28. The number of alkyl halides is 3. The summed E-state index contributed by atoms with van der Waals surface area (Å²) in [7, 11) is -2.61.